The second kappa shape index (κ2) is 5.08. The third kappa shape index (κ3) is 2.32. The molecule has 1 N–H and O–H groups in total. The van der Waals surface area contributed by atoms with Crippen LogP contribution in [0, 0.1) is 0 Å². The van der Waals surface area contributed by atoms with Gasteiger partial charge in [-0.1, -0.05) is 31.4 Å². The number of carboxylic acid groups (broad SMARTS) is 1. The molecule has 0 saturated heterocycles. The summed E-state index contributed by atoms with van der Waals surface area (Å²) in [5, 5.41) is 13.9. The van der Waals surface area contributed by atoms with E-state index >= 15 is 0 Å². The number of aromatic carboxylic acids is 1. The summed E-state index contributed by atoms with van der Waals surface area (Å²) in [6, 6.07) is 0. The number of carboxylic acids is 1. The first kappa shape index (κ1) is 12.4. The van der Waals surface area contributed by atoms with E-state index in [1.54, 1.807) is 4.68 Å². The van der Waals surface area contributed by atoms with Crippen molar-refractivity contribution in [1.29, 1.82) is 0 Å². The zero-order valence-corrected chi connectivity index (χ0v) is 10.7. The summed E-state index contributed by atoms with van der Waals surface area (Å²) in [4.78, 5) is 11.3. The summed E-state index contributed by atoms with van der Waals surface area (Å²) in [7, 11) is 0. The highest BCUT2D eigenvalue weighted by Gasteiger charge is 2.29. The molecule has 0 aliphatic heterocycles. The number of aryl methyl sites for hydroxylation is 1. The van der Waals surface area contributed by atoms with E-state index in [-0.39, 0.29) is 16.6 Å². The van der Waals surface area contributed by atoms with Gasteiger partial charge in [-0.15, -0.1) is 0 Å². The van der Waals surface area contributed by atoms with E-state index in [1.807, 2.05) is 6.92 Å². The smallest absolute Gasteiger partial charge is 0.340 e. The molecule has 1 saturated carbocycles. The molecule has 0 spiro atoms. The molecule has 0 radical (unpaired) electrons. The minimum Gasteiger partial charge on any atom is -0.478 e. The van der Waals surface area contributed by atoms with Gasteiger partial charge in [0.1, 0.15) is 10.7 Å². The lowest BCUT2D eigenvalue weighted by atomic mass is 10.0. The van der Waals surface area contributed by atoms with Crippen LogP contribution in [-0.2, 0) is 6.54 Å². The first-order valence-corrected chi connectivity index (χ1v) is 6.52. The Labute approximate surface area is 106 Å². The van der Waals surface area contributed by atoms with Crippen LogP contribution in [0.15, 0.2) is 0 Å². The standard InChI is InChI=1S/C12H17ClN2O2/c1-2-7-15-11(13)9(12(16)17)10(14-15)8-5-3-4-6-8/h8H,2-7H2,1H3,(H,16,17). The van der Waals surface area contributed by atoms with Crippen molar-refractivity contribution in [2.45, 2.75) is 51.5 Å². The Morgan fingerprint density at radius 2 is 2.18 bits per heavy atom. The van der Waals surface area contributed by atoms with Crippen molar-refractivity contribution in [2.24, 2.45) is 0 Å². The Morgan fingerprint density at radius 1 is 1.53 bits per heavy atom. The molecular formula is C12H17ClN2O2. The lowest BCUT2D eigenvalue weighted by molar-refractivity contribution is 0.0695. The molecule has 2 rings (SSSR count). The number of nitrogens with zero attached hydrogens (tertiary/aromatic N) is 2. The molecular weight excluding hydrogens is 240 g/mol. The molecule has 0 atom stereocenters. The van der Waals surface area contributed by atoms with Crippen molar-refractivity contribution in [3.63, 3.8) is 0 Å². The van der Waals surface area contributed by atoms with Gasteiger partial charge in [0, 0.05) is 12.5 Å². The molecule has 4 nitrogen and oxygen atoms in total. The molecule has 1 heterocycles. The maximum Gasteiger partial charge on any atom is 0.340 e. The van der Waals surface area contributed by atoms with Crippen LogP contribution >= 0.6 is 11.6 Å². The van der Waals surface area contributed by atoms with E-state index < -0.39 is 5.97 Å². The van der Waals surface area contributed by atoms with Gasteiger partial charge in [0.15, 0.2) is 0 Å². The summed E-state index contributed by atoms with van der Waals surface area (Å²) < 4.78 is 1.62. The van der Waals surface area contributed by atoms with E-state index in [4.69, 9.17) is 11.6 Å². The van der Waals surface area contributed by atoms with E-state index in [1.165, 1.54) is 0 Å². The molecule has 0 amide bonds. The van der Waals surface area contributed by atoms with Gasteiger partial charge < -0.3 is 5.11 Å². The molecule has 0 bridgehead atoms. The largest absolute Gasteiger partial charge is 0.478 e. The molecule has 1 aliphatic carbocycles. The van der Waals surface area contributed by atoms with Gasteiger partial charge in [0.2, 0.25) is 0 Å². The predicted molar refractivity (Wildman–Crippen MR) is 65.7 cm³/mol. The van der Waals surface area contributed by atoms with E-state index in [0.29, 0.717) is 12.2 Å². The van der Waals surface area contributed by atoms with Crippen LogP contribution in [0.4, 0.5) is 0 Å². The number of aromatic nitrogens is 2. The van der Waals surface area contributed by atoms with Crippen molar-refractivity contribution in [3.05, 3.63) is 16.4 Å². The van der Waals surface area contributed by atoms with Crippen molar-refractivity contribution in [3.8, 4) is 0 Å². The van der Waals surface area contributed by atoms with Crippen LogP contribution in [0.1, 0.15) is 61.0 Å². The Balaban J connectivity index is 2.41. The average Bonchev–Trinajstić information content (AvgIpc) is 2.87. The van der Waals surface area contributed by atoms with Crippen molar-refractivity contribution < 1.29 is 9.90 Å². The minimum atomic E-state index is -0.959. The van der Waals surface area contributed by atoms with Gasteiger partial charge in [-0.3, -0.25) is 4.68 Å². The Hall–Kier alpha value is -1.03. The first-order chi connectivity index (χ1) is 8.15. The SMILES string of the molecule is CCCn1nc(C2CCCC2)c(C(=O)O)c1Cl. The fraction of sp³-hybridized carbons (Fsp3) is 0.667. The first-order valence-electron chi connectivity index (χ1n) is 6.14. The summed E-state index contributed by atoms with van der Waals surface area (Å²) in [6.07, 6.45) is 5.26. The second-order valence-electron chi connectivity index (χ2n) is 4.56. The zero-order chi connectivity index (χ0) is 12.4. The van der Waals surface area contributed by atoms with Gasteiger partial charge in [-0.25, -0.2) is 4.79 Å². The zero-order valence-electron chi connectivity index (χ0n) is 9.95. The molecule has 0 aromatic carbocycles. The van der Waals surface area contributed by atoms with Gasteiger partial charge in [0.05, 0.1) is 5.69 Å². The van der Waals surface area contributed by atoms with Crippen molar-refractivity contribution in [2.75, 3.05) is 0 Å². The van der Waals surface area contributed by atoms with Crippen LogP contribution in [0.25, 0.3) is 0 Å². The topological polar surface area (TPSA) is 55.1 Å². The van der Waals surface area contributed by atoms with Gasteiger partial charge >= 0.3 is 5.97 Å². The molecule has 5 heteroatoms. The molecule has 1 aliphatic rings. The van der Waals surface area contributed by atoms with Gasteiger partial charge in [-0.05, 0) is 19.3 Å². The van der Waals surface area contributed by atoms with E-state index in [9.17, 15) is 9.90 Å². The number of hydrogen-bond acceptors (Lipinski definition) is 2. The lowest BCUT2D eigenvalue weighted by Gasteiger charge is -2.05. The molecule has 1 aromatic rings. The fourth-order valence-electron chi connectivity index (χ4n) is 2.50. The highest BCUT2D eigenvalue weighted by Crippen LogP contribution is 2.37. The molecule has 0 unspecified atom stereocenters. The van der Waals surface area contributed by atoms with Crippen LogP contribution < -0.4 is 0 Å². The summed E-state index contributed by atoms with van der Waals surface area (Å²) in [5.74, 6) is -0.684. The van der Waals surface area contributed by atoms with Crippen LogP contribution in [-0.4, -0.2) is 20.9 Å². The quantitative estimate of drug-likeness (QED) is 0.899. The minimum absolute atomic E-state index is 0.215. The highest BCUT2D eigenvalue weighted by molar-refractivity contribution is 6.32. The Bertz CT molecular complexity index is 422. The third-order valence-corrected chi connectivity index (χ3v) is 3.69. The molecule has 1 fully saturated rings. The molecule has 94 valence electrons. The van der Waals surface area contributed by atoms with Crippen LogP contribution in [0.5, 0.6) is 0 Å². The number of rotatable bonds is 4. The Kier molecular flexibility index (Phi) is 3.72. The van der Waals surface area contributed by atoms with Crippen molar-refractivity contribution >= 4 is 17.6 Å². The monoisotopic (exact) mass is 256 g/mol. The maximum absolute atomic E-state index is 11.3. The van der Waals surface area contributed by atoms with Gasteiger partial charge in [-0.2, -0.15) is 5.10 Å². The number of halogens is 1. The van der Waals surface area contributed by atoms with E-state index in [0.717, 1.165) is 32.1 Å². The van der Waals surface area contributed by atoms with Crippen LogP contribution in [0.3, 0.4) is 0 Å². The predicted octanol–water partition coefficient (Wildman–Crippen LogP) is 3.30. The number of hydrogen-bond donors (Lipinski definition) is 1. The lowest BCUT2D eigenvalue weighted by Crippen LogP contribution is -2.04. The maximum atomic E-state index is 11.3. The summed E-state index contributed by atoms with van der Waals surface area (Å²) in [5.41, 5.74) is 0.903. The normalized spacial score (nSPS) is 16.6. The second-order valence-corrected chi connectivity index (χ2v) is 4.92. The van der Waals surface area contributed by atoms with Crippen LogP contribution in [0.2, 0.25) is 5.15 Å². The van der Waals surface area contributed by atoms with E-state index in [2.05, 4.69) is 5.10 Å². The molecule has 17 heavy (non-hydrogen) atoms. The Morgan fingerprint density at radius 3 is 2.71 bits per heavy atom. The highest BCUT2D eigenvalue weighted by atomic mass is 35.5. The average molecular weight is 257 g/mol. The fourth-order valence-corrected chi connectivity index (χ4v) is 2.80. The third-order valence-electron chi connectivity index (χ3n) is 3.31. The summed E-state index contributed by atoms with van der Waals surface area (Å²) in [6.45, 7) is 2.69. The van der Waals surface area contributed by atoms with Gasteiger partial charge in [0.25, 0.3) is 0 Å². The summed E-state index contributed by atoms with van der Waals surface area (Å²) >= 11 is 6.10. The van der Waals surface area contributed by atoms with Crippen molar-refractivity contribution in [1.82, 2.24) is 9.78 Å². The number of carbonyl (C=O) groups is 1. The molecule has 1 aromatic heterocycles.